The number of nitrogens with one attached hydrogen (secondary N) is 2. The molecule has 1 fully saturated rings. The van der Waals surface area contributed by atoms with E-state index in [0.717, 1.165) is 30.5 Å². The van der Waals surface area contributed by atoms with Crippen molar-refractivity contribution in [2.75, 3.05) is 33.2 Å². The monoisotopic (exact) mass is 442 g/mol. The molecule has 3 N–H and O–H groups in total. The smallest absolute Gasteiger partial charge is 0.191 e. The maximum absolute atomic E-state index is 10.6. The van der Waals surface area contributed by atoms with E-state index in [9.17, 15) is 5.11 Å². The minimum atomic E-state index is -0.545. The van der Waals surface area contributed by atoms with Gasteiger partial charge >= 0.3 is 0 Å². The summed E-state index contributed by atoms with van der Waals surface area (Å²) in [5, 5.41) is 20.7. The fourth-order valence-electron chi connectivity index (χ4n) is 4.01. The molecule has 2 unspecified atom stereocenters. The topological polar surface area (TPSA) is 59.9 Å². The molecule has 3 heterocycles. The van der Waals surface area contributed by atoms with Gasteiger partial charge < -0.3 is 15.7 Å². The maximum atomic E-state index is 10.6. The van der Waals surface area contributed by atoms with Gasteiger partial charge in [0.15, 0.2) is 5.96 Å². The summed E-state index contributed by atoms with van der Waals surface area (Å²) in [7, 11) is 1.78. The van der Waals surface area contributed by atoms with E-state index in [2.05, 4.69) is 56.2 Å². The van der Waals surface area contributed by atoms with Crippen LogP contribution in [0.2, 0.25) is 0 Å². The molecule has 0 aliphatic carbocycles. The number of likely N-dealkylation sites (tertiary alicyclic amines) is 1. The van der Waals surface area contributed by atoms with Crippen molar-refractivity contribution in [3.05, 3.63) is 57.6 Å². The van der Waals surface area contributed by atoms with E-state index in [1.165, 1.54) is 34.3 Å². The number of hydrogen-bond donors (Lipinski definition) is 3. The number of rotatable bonds is 7. The van der Waals surface area contributed by atoms with Crippen molar-refractivity contribution in [1.82, 2.24) is 15.5 Å². The van der Waals surface area contributed by atoms with E-state index in [-0.39, 0.29) is 0 Å². The van der Waals surface area contributed by atoms with Crippen LogP contribution in [0.3, 0.4) is 0 Å². The first-order chi connectivity index (χ1) is 14.7. The zero-order valence-corrected chi connectivity index (χ0v) is 19.0. The number of aliphatic imine (C=N–C) groups is 1. The summed E-state index contributed by atoms with van der Waals surface area (Å²) >= 11 is 3.49. The highest BCUT2D eigenvalue weighted by Gasteiger charge is 2.20. The Kier molecular flexibility index (Phi) is 7.38. The molecule has 1 saturated heterocycles. The molecule has 4 rings (SSSR count). The Balaban J connectivity index is 1.23. The molecule has 0 spiro atoms. The van der Waals surface area contributed by atoms with Crippen molar-refractivity contribution < 1.29 is 5.11 Å². The lowest BCUT2D eigenvalue weighted by atomic mass is 9.98. The van der Waals surface area contributed by atoms with Crippen LogP contribution < -0.4 is 10.6 Å². The summed E-state index contributed by atoms with van der Waals surface area (Å²) in [6.07, 6.45) is 1.95. The number of aliphatic hydroxyl groups excluding tert-OH is 1. The van der Waals surface area contributed by atoms with Gasteiger partial charge in [-0.2, -0.15) is 0 Å². The van der Waals surface area contributed by atoms with Gasteiger partial charge in [-0.3, -0.25) is 9.89 Å². The molecule has 7 heteroatoms. The van der Waals surface area contributed by atoms with E-state index in [1.54, 1.807) is 18.4 Å². The quantitative estimate of drug-likeness (QED) is 0.381. The van der Waals surface area contributed by atoms with Crippen LogP contribution in [0.25, 0.3) is 10.1 Å². The molecule has 5 nitrogen and oxygen atoms in total. The Morgan fingerprint density at radius 3 is 2.97 bits per heavy atom. The van der Waals surface area contributed by atoms with Crippen molar-refractivity contribution in [1.29, 1.82) is 0 Å². The predicted molar refractivity (Wildman–Crippen MR) is 128 cm³/mol. The number of piperidine rings is 1. The largest absolute Gasteiger partial charge is 0.386 e. The van der Waals surface area contributed by atoms with E-state index in [1.807, 2.05) is 23.5 Å². The summed E-state index contributed by atoms with van der Waals surface area (Å²) in [5.41, 5.74) is 0. The summed E-state index contributed by atoms with van der Waals surface area (Å²) in [5.74, 6) is 1.37. The summed E-state index contributed by atoms with van der Waals surface area (Å²) in [6, 6.07) is 14.7. The van der Waals surface area contributed by atoms with Crippen LogP contribution in [-0.2, 0) is 6.54 Å². The summed E-state index contributed by atoms with van der Waals surface area (Å²) in [6.45, 7) is 4.71. The van der Waals surface area contributed by atoms with E-state index in [0.29, 0.717) is 12.5 Å². The Bertz CT molecular complexity index is 920. The normalized spacial score (nSPS) is 19.1. The molecular weight excluding hydrogens is 412 g/mol. The third kappa shape index (κ3) is 5.60. The minimum Gasteiger partial charge on any atom is -0.386 e. The van der Waals surface area contributed by atoms with Gasteiger partial charge in [0.05, 0.1) is 0 Å². The Morgan fingerprint density at radius 2 is 2.17 bits per heavy atom. The van der Waals surface area contributed by atoms with Crippen LogP contribution >= 0.6 is 22.7 Å². The first kappa shape index (κ1) is 21.3. The van der Waals surface area contributed by atoms with E-state index < -0.39 is 6.10 Å². The van der Waals surface area contributed by atoms with Crippen LogP contribution in [0.4, 0.5) is 0 Å². The Hall–Kier alpha value is -1.93. The number of guanidine groups is 1. The highest BCUT2D eigenvalue weighted by Crippen LogP contribution is 2.29. The van der Waals surface area contributed by atoms with E-state index >= 15 is 0 Å². The first-order valence-corrected chi connectivity index (χ1v) is 12.3. The fourth-order valence-corrected chi connectivity index (χ4v) is 5.80. The lowest BCUT2D eigenvalue weighted by Gasteiger charge is -2.32. The molecule has 1 aliphatic heterocycles. The summed E-state index contributed by atoms with van der Waals surface area (Å²) < 4.78 is 1.21. The second-order valence-electron chi connectivity index (χ2n) is 7.86. The van der Waals surface area contributed by atoms with Gasteiger partial charge in [0.25, 0.3) is 0 Å². The molecule has 0 saturated carbocycles. The van der Waals surface area contributed by atoms with Gasteiger partial charge in [0.2, 0.25) is 0 Å². The first-order valence-electron chi connectivity index (χ1n) is 10.6. The zero-order valence-electron chi connectivity index (χ0n) is 17.4. The van der Waals surface area contributed by atoms with Crippen LogP contribution in [0.1, 0.15) is 28.7 Å². The third-order valence-electron chi connectivity index (χ3n) is 5.58. The standard InChI is InChI=1S/C23H30N4OS2/c1-24-23(26-14-20(28)22-12-18-7-2-3-9-21(18)30-22)25-13-17-6-4-10-27(15-17)16-19-8-5-11-29-19/h2-3,5,7-9,11-12,17,20,28H,4,6,10,13-16H2,1H3,(H2,24,25,26). The average molecular weight is 443 g/mol. The molecular formula is C23H30N4OS2. The average Bonchev–Trinajstić information content (AvgIpc) is 3.43. The third-order valence-corrected chi connectivity index (χ3v) is 7.66. The zero-order chi connectivity index (χ0) is 20.8. The number of nitrogens with zero attached hydrogens (tertiary/aromatic N) is 2. The molecule has 0 bridgehead atoms. The molecule has 2 atom stereocenters. The van der Waals surface area contributed by atoms with Crippen molar-refractivity contribution in [3.8, 4) is 0 Å². The number of aliphatic hydroxyl groups is 1. The maximum Gasteiger partial charge on any atom is 0.191 e. The Labute approximate surface area is 186 Å². The molecule has 0 amide bonds. The number of thiophene rings is 2. The minimum absolute atomic E-state index is 0.446. The van der Waals surface area contributed by atoms with Gasteiger partial charge in [0, 0.05) is 47.7 Å². The molecule has 1 aromatic carbocycles. The van der Waals surface area contributed by atoms with E-state index in [4.69, 9.17) is 0 Å². The highest BCUT2D eigenvalue weighted by atomic mass is 32.1. The van der Waals surface area contributed by atoms with Gasteiger partial charge in [-0.05, 0) is 54.3 Å². The van der Waals surface area contributed by atoms with Crippen LogP contribution in [0, 0.1) is 5.92 Å². The number of fused-ring (bicyclic) bond motifs is 1. The van der Waals surface area contributed by atoms with Crippen LogP contribution in [0.5, 0.6) is 0 Å². The SMILES string of the molecule is CN=C(NCC1CCCN(Cc2cccs2)C1)NCC(O)c1cc2ccccc2s1. The van der Waals surface area contributed by atoms with Gasteiger partial charge in [-0.25, -0.2) is 0 Å². The molecule has 2 aromatic heterocycles. The van der Waals surface area contributed by atoms with Crippen molar-refractivity contribution in [2.24, 2.45) is 10.9 Å². The van der Waals surface area contributed by atoms with Crippen LogP contribution in [-0.4, -0.2) is 49.2 Å². The summed E-state index contributed by atoms with van der Waals surface area (Å²) in [4.78, 5) is 9.32. The second kappa shape index (κ2) is 10.4. The molecule has 160 valence electrons. The Morgan fingerprint density at radius 1 is 1.27 bits per heavy atom. The lowest BCUT2D eigenvalue weighted by molar-refractivity contribution is 0.169. The van der Waals surface area contributed by atoms with Crippen molar-refractivity contribution in [3.63, 3.8) is 0 Å². The highest BCUT2D eigenvalue weighted by molar-refractivity contribution is 7.19. The lowest BCUT2D eigenvalue weighted by Crippen LogP contribution is -2.45. The van der Waals surface area contributed by atoms with Gasteiger partial charge in [0.1, 0.15) is 6.10 Å². The molecule has 1 aliphatic rings. The van der Waals surface area contributed by atoms with Gasteiger partial charge in [-0.1, -0.05) is 24.3 Å². The van der Waals surface area contributed by atoms with Crippen LogP contribution in [0.15, 0.2) is 52.8 Å². The van der Waals surface area contributed by atoms with Crippen molar-refractivity contribution in [2.45, 2.75) is 25.5 Å². The molecule has 3 aromatic rings. The van der Waals surface area contributed by atoms with Gasteiger partial charge in [-0.15, -0.1) is 22.7 Å². The molecule has 0 radical (unpaired) electrons. The molecule has 30 heavy (non-hydrogen) atoms. The number of benzene rings is 1. The predicted octanol–water partition coefficient (Wildman–Crippen LogP) is 4.07. The second-order valence-corrected chi connectivity index (χ2v) is 10.0. The fraction of sp³-hybridized carbons (Fsp3) is 0.435. The van der Waals surface area contributed by atoms with Crippen molar-refractivity contribution >= 4 is 38.7 Å². The number of hydrogen-bond acceptors (Lipinski definition) is 5.